The summed E-state index contributed by atoms with van der Waals surface area (Å²) in [6.07, 6.45) is 0. The Labute approximate surface area is 87.4 Å². The van der Waals surface area contributed by atoms with Crippen LogP contribution in [0.5, 0.6) is 5.75 Å². The van der Waals surface area contributed by atoms with Crippen LogP contribution in [0.25, 0.3) is 0 Å². The first kappa shape index (κ1) is 10.6. The first-order valence-corrected chi connectivity index (χ1v) is 4.36. The standard InChI is InChI=1S/C10H9NO2S/c1-7-3-4-8(5-9(7)13-2)10(12)11-6-14/h3-5H,1-2H3. The van der Waals surface area contributed by atoms with Crippen LogP contribution < -0.4 is 4.74 Å². The summed E-state index contributed by atoms with van der Waals surface area (Å²) in [7, 11) is 1.55. The van der Waals surface area contributed by atoms with Gasteiger partial charge < -0.3 is 4.74 Å². The lowest BCUT2D eigenvalue weighted by Crippen LogP contribution is -1.96. The quantitative estimate of drug-likeness (QED) is 0.551. The Bertz CT molecular complexity index is 409. The zero-order chi connectivity index (χ0) is 10.6. The summed E-state index contributed by atoms with van der Waals surface area (Å²) in [5.41, 5.74) is 1.42. The summed E-state index contributed by atoms with van der Waals surface area (Å²) >= 11 is 4.35. The molecule has 1 rings (SSSR count). The Morgan fingerprint density at radius 2 is 2.29 bits per heavy atom. The summed E-state index contributed by atoms with van der Waals surface area (Å²) in [5, 5.41) is 2.04. The highest BCUT2D eigenvalue weighted by Crippen LogP contribution is 2.19. The van der Waals surface area contributed by atoms with Gasteiger partial charge in [-0.15, -0.1) is 0 Å². The Hall–Kier alpha value is -1.51. The predicted molar refractivity (Wildman–Crippen MR) is 57.1 cm³/mol. The number of hydrogen-bond acceptors (Lipinski definition) is 3. The Kier molecular flexibility index (Phi) is 3.51. The molecule has 0 atom stereocenters. The molecule has 0 aromatic heterocycles. The molecule has 0 unspecified atom stereocenters. The molecule has 0 aliphatic heterocycles. The van der Waals surface area contributed by atoms with Crippen LogP contribution >= 0.6 is 12.2 Å². The molecule has 72 valence electrons. The van der Waals surface area contributed by atoms with Crippen molar-refractivity contribution in [1.82, 2.24) is 0 Å². The number of isothiocyanates is 1. The summed E-state index contributed by atoms with van der Waals surface area (Å²) in [4.78, 5) is 14.6. The maximum atomic E-state index is 11.3. The van der Waals surface area contributed by atoms with Crippen LogP contribution in [0.15, 0.2) is 23.2 Å². The minimum absolute atomic E-state index is 0.404. The highest BCUT2D eigenvalue weighted by Gasteiger charge is 2.06. The van der Waals surface area contributed by atoms with E-state index in [1.165, 1.54) is 0 Å². The summed E-state index contributed by atoms with van der Waals surface area (Å²) in [6, 6.07) is 5.11. The van der Waals surface area contributed by atoms with E-state index in [4.69, 9.17) is 4.74 Å². The number of aryl methyl sites for hydroxylation is 1. The van der Waals surface area contributed by atoms with Gasteiger partial charge >= 0.3 is 0 Å². The van der Waals surface area contributed by atoms with Gasteiger partial charge in [-0.2, -0.15) is 4.99 Å². The third-order valence-electron chi connectivity index (χ3n) is 1.80. The second-order valence-corrected chi connectivity index (χ2v) is 2.88. The van der Waals surface area contributed by atoms with E-state index >= 15 is 0 Å². The van der Waals surface area contributed by atoms with Crippen LogP contribution in [-0.2, 0) is 0 Å². The maximum absolute atomic E-state index is 11.3. The van der Waals surface area contributed by atoms with Gasteiger partial charge in [0.2, 0.25) is 0 Å². The molecule has 1 aromatic carbocycles. The molecule has 14 heavy (non-hydrogen) atoms. The molecule has 0 heterocycles. The van der Waals surface area contributed by atoms with Crippen molar-refractivity contribution in [2.75, 3.05) is 7.11 Å². The molecule has 0 spiro atoms. The zero-order valence-corrected chi connectivity index (χ0v) is 8.72. The fourth-order valence-corrected chi connectivity index (χ4v) is 1.14. The second kappa shape index (κ2) is 4.65. The molecule has 0 aliphatic carbocycles. The Balaban J connectivity index is 3.12. The predicted octanol–water partition coefficient (Wildman–Crippen LogP) is 2.25. The molecule has 1 amide bonds. The number of aliphatic imine (C=N–C) groups is 1. The highest BCUT2D eigenvalue weighted by molar-refractivity contribution is 7.78. The van der Waals surface area contributed by atoms with Gasteiger partial charge in [0, 0.05) is 5.56 Å². The van der Waals surface area contributed by atoms with Crippen LogP contribution in [0, 0.1) is 6.92 Å². The van der Waals surface area contributed by atoms with E-state index in [0.29, 0.717) is 11.3 Å². The topological polar surface area (TPSA) is 38.7 Å². The van der Waals surface area contributed by atoms with E-state index in [0.717, 1.165) is 5.56 Å². The number of carbonyl (C=O) groups excluding carboxylic acids is 1. The van der Waals surface area contributed by atoms with Gasteiger partial charge in [0.15, 0.2) is 0 Å². The van der Waals surface area contributed by atoms with Crippen molar-refractivity contribution in [3.05, 3.63) is 29.3 Å². The monoisotopic (exact) mass is 207 g/mol. The Morgan fingerprint density at radius 1 is 1.57 bits per heavy atom. The van der Waals surface area contributed by atoms with Crippen LogP contribution in [0.3, 0.4) is 0 Å². The highest BCUT2D eigenvalue weighted by atomic mass is 32.1. The van der Waals surface area contributed by atoms with Gasteiger partial charge in [-0.25, -0.2) is 0 Å². The van der Waals surface area contributed by atoms with E-state index in [-0.39, 0.29) is 0 Å². The molecule has 0 N–H and O–H groups in total. The molecule has 4 heteroatoms. The van der Waals surface area contributed by atoms with Crippen LogP contribution in [0.4, 0.5) is 0 Å². The van der Waals surface area contributed by atoms with E-state index in [2.05, 4.69) is 17.2 Å². The number of amides is 1. The van der Waals surface area contributed by atoms with Gasteiger partial charge in [-0.05, 0) is 36.8 Å². The molecule has 3 nitrogen and oxygen atoms in total. The van der Waals surface area contributed by atoms with Crippen molar-refractivity contribution < 1.29 is 9.53 Å². The average molecular weight is 207 g/mol. The SMILES string of the molecule is COc1cc(C(=O)N=C=S)ccc1C. The lowest BCUT2D eigenvalue weighted by atomic mass is 10.1. The van der Waals surface area contributed by atoms with Crippen molar-refractivity contribution in [3.63, 3.8) is 0 Å². The molecule has 0 saturated heterocycles. The second-order valence-electron chi connectivity index (χ2n) is 2.69. The molecule has 0 radical (unpaired) electrons. The van der Waals surface area contributed by atoms with Crippen LogP contribution in [0.2, 0.25) is 0 Å². The van der Waals surface area contributed by atoms with Crippen molar-refractivity contribution in [2.24, 2.45) is 4.99 Å². The summed E-state index contributed by atoms with van der Waals surface area (Å²) < 4.78 is 5.07. The first-order valence-electron chi connectivity index (χ1n) is 3.96. The summed E-state index contributed by atoms with van der Waals surface area (Å²) in [5.74, 6) is 0.258. The largest absolute Gasteiger partial charge is 0.496 e. The minimum Gasteiger partial charge on any atom is -0.496 e. The van der Waals surface area contributed by atoms with E-state index in [1.807, 2.05) is 12.1 Å². The average Bonchev–Trinajstić information content (AvgIpc) is 2.19. The number of methoxy groups -OCH3 is 1. The fourth-order valence-electron chi connectivity index (χ4n) is 1.06. The molecule has 0 fully saturated rings. The van der Waals surface area contributed by atoms with E-state index < -0.39 is 5.91 Å². The van der Waals surface area contributed by atoms with Gasteiger partial charge in [-0.1, -0.05) is 6.07 Å². The third-order valence-corrected chi connectivity index (χ3v) is 1.89. The molecule has 1 aromatic rings. The van der Waals surface area contributed by atoms with Crippen molar-refractivity contribution in [2.45, 2.75) is 6.92 Å². The normalized spacial score (nSPS) is 9.00. The van der Waals surface area contributed by atoms with Gasteiger partial charge in [0.25, 0.3) is 5.91 Å². The first-order chi connectivity index (χ1) is 6.69. The number of thiocarbonyl (C=S) groups is 1. The van der Waals surface area contributed by atoms with Gasteiger partial charge in [0.05, 0.1) is 12.3 Å². The number of carbonyl (C=O) groups is 1. The molecular weight excluding hydrogens is 198 g/mol. The van der Waals surface area contributed by atoms with Crippen LogP contribution in [-0.4, -0.2) is 18.2 Å². The number of rotatable bonds is 2. The van der Waals surface area contributed by atoms with Gasteiger partial charge in [-0.3, -0.25) is 4.79 Å². The zero-order valence-electron chi connectivity index (χ0n) is 7.90. The smallest absolute Gasteiger partial charge is 0.285 e. The van der Waals surface area contributed by atoms with Crippen LogP contribution in [0.1, 0.15) is 15.9 Å². The number of ether oxygens (including phenoxy) is 1. The number of hydrogen-bond donors (Lipinski definition) is 0. The molecular formula is C10H9NO2S. The maximum Gasteiger partial charge on any atom is 0.285 e. The third kappa shape index (κ3) is 2.25. The Morgan fingerprint density at radius 3 is 2.86 bits per heavy atom. The van der Waals surface area contributed by atoms with Gasteiger partial charge in [0.1, 0.15) is 5.75 Å². The van der Waals surface area contributed by atoms with Crippen molar-refractivity contribution in [3.8, 4) is 5.75 Å². The van der Waals surface area contributed by atoms with Crippen molar-refractivity contribution in [1.29, 1.82) is 0 Å². The number of benzene rings is 1. The molecule has 0 bridgehead atoms. The molecule has 0 aliphatic rings. The lowest BCUT2D eigenvalue weighted by molar-refractivity contribution is 0.100. The fraction of sp³-hybridized carbons (Fsp3) is 0.200. The van der Waals surface area contributed by atoms with E-state index in [9.17, 15) is 4.79 Å². The minimum atomic E-state index is -0.404. The summed E-state index contributed by atoms with van der Waals surface area (Å²) in [6.45, 7) is 1.90. The van der Waals surface area contributed by atoms with E-state index in [1.54, 1.807) is 25.3 Å². The number of nitrogens with zero attached hydrogens (tertiary/aromatic N) is 1. The lowest BCUT2D eigenvalue weighted by Gasteiger charge is -2.04. The molecule has 0 saturated carbocycles. The van der Waals surface area contributed by atoms with Crippen molar-refractivity contribution >= 4 is 23.3 Å².